The van der Waals surface area contributed by atoms with Crippen molar-refractivity contribution in [2.75, 3.05) is 13.2 Å². The number of aryl methyl sites for hydroxylation is 1. The molecular formula is C20H22N4O5. The molecular weight excluding hydrogens is 376 g/mol. The fourth-order valence-corrected chi connectivity index (χ4v) is 4.03. The molecule has 152 valence electrons. The summed E-state index contributed by atoms with van der Waals surface area (Å²) >= 11 is 0. The number of hydrogen-bond acceptors (Lipinski definition) is 6. The van der Waals surface area contributed by atoms with Gasteiger partial charge in [0.15, 0.2) is 6.61 Å². The van der Waals surface area contributed by atoms with Crippen LogP contribution < -0.4 is 11.3 Å². The molecule has 1 saturated heterocycles. The van der Waals surface area contributed by atoms with Crippen molar-refractivity contribution in [2.45, 2.75) is 44.7 Å². The minimum absolute atomic E-state index is 0.111. The Labute approximate surface area is 166 Å². The highest BCUT2D eigenvalue weighted by Crippen LogP contribution is 2.18. The van der Waals surface area contributed by atoms with Gasteiger partial charge in [-0.15, -0.1) is 0 Å². The second kappa shape index (κ2) is 7.65. The first-order valence-corrected chi connectivity index (χ1v) is 9.75. The summed E-state index contributed by atoms with van der Waals surface area (Å²) < 4.78 is 6.81. The van der Waals surface area contributed by atoms with E-state index in [9.17, 15) is 19.2 Å². The Morgan fingerprint density at radius 1 is 1.17 bits per heavy atom. The number of nitrogens with zero attached hydrogens (tertiary/aromatic N) is 3. The van der Waals surface area contributed by atoms with Crippen molar-refractivity contribution < 1.29 is 19.1 Å². The molecule has 1 atom stereocenters. The molecule has 1 aromatic heterocycles. The quantitative estimate of drug-likeness (QED) is 0.742. The van der Waals surface area contributed by atoms with Gasteiger partial charge in [-0.25, -0.2) is 9.78 Å². The van der Waals surface area contributed by atoms with E-state index in [1.807, 2.05) is 0 Å². The fourth-order valence-electron chi connectivity index (χ4n) is 4.03. The van der Waals surface area contributed by atoms with Crippen molar-refractivity contribution in [3.63, 3.8) is 0 Å². The van der Waals surface area contributed by atoms with Crippen LogP contribution in [0.25, 0.3) is 10.9 Å². The van der Waals surface area contributed by atoms with Crippen molar-refractivity contribution >= 4 is 28.7 Å². The number of benzene rings is 1. The van der Waals surface area contributed by atoms with E-state index in [0.717, 1.165) is 25.7 Å². The van der Waals surface area contributed by atoms with Gasteiger partial charge in [0.1, 0.15) is 11.9 Å². The maximum absolute atomic E-state index is 12.5. The first-order chi connectivity index (χ1) is 14.0. The summed E-state index contributed by atoms with van der Waals surface area (Å²) in [5.41, 5.74) is 5.91. The van der Waals surface area contributed by atoms with Crippen LogP contribution in [0.4, 0.5) is 0 Å². The van der Waals surface area contributed by atoms with Crippen molar-refractivity contribution in [3.05, 3.63) is 39.9 Å². The highest BCUT2D eigenvalue weighted by atomic mass is 16.5. The van der Waals surface area contributed by atoms with Gasteiger partial charge in [-0.05, 0) is 43.9 Å². The number of ether oxygens (including phenoxy) is 1. The van der Waals surface area contributed by atoms with Crippen LogP contribution in [0.1, 0.15) is 41.9 Å². The summed E-state index contributed by atoms with van der Waals surface area (Å²) in [5, 5.41) is 0.445. The number of amides is 2. The number of carbonyl (C=O) groups excluding carboxylic acids is 3. The van der Waals surface area contributed by atoms with Crippen LogP contribution in [0, 0.1) is 0 Å². The van der Waals surface area contributed by atoms with Crippen LogP contribution >= 0.6 is 0 Å². The Hall–Kier alpha value is -3.23. The minimum atomic E-state index is -0.685. The molecule has 2 aliphatic heterocycles. The van der Waals surface area contributed by atoms with Gasteiger partial charge in [0.2, 0.25) is 5.91 Å². The summed E-state index contributed by atoms with van der Waals surface area (Å²) in [4.78, 5) is 54.7. The normalized spacial score (nSPS) is 18.5. The third kappa shape index (κ3) is 3.59. The van der Waals surface area contributed by atoms with E-state index in [-0.39, 0.29) is 11.1 Å². The first kappa shape index (κ1) is 19.1. The molecule has 0 radical (unpaired) electrons. The second-order valence-corrected chi connectivity index (χ2v) is 7.40. The van der Waals surface area contributed by atoms with Crippen molar-refractivity contribution in [2.24, 2.45) is 5.73 Å². The zero-order valence-electron chi connectivity index (χ0n) is 15.9. The number of carbonyl (C=O) groups is 3. The van der Waals surface area contributed by atoms with Crippen LogP contribution in [-0.4, -0.2) is 51.4 Å². The topological polar surface area (TPSA) is 125 Å². The number of primary amides is 1. The molecule has 2 aliphatic rings. The van der Waals surface area contributed by atoms with Crippen LogP contribution in [0.2, 0.25) is 0 Å². The van der Waals surface area contributed by atoms with Crippen molar-refractivity contribution in [1.29, 1.82) is 0 Å². The third-order valence-corrected chi connectivity index (χ3v) is 5.53. The maximum Gasteiger partial charge on any atom is 0.338 e. The number of hydrogen-bond donors (Lipinski definition) is 1. The first-order valence-electron chi connectivity index (χ1n) is 9.75. The largest absolute Gasteiger partial charge is 0.452 e. The van der Waals surface area contributed by atoms with Crippen LogP contribution in [-0.2, 0) is 27.3 Å². The molecule has 2 amide bonds. The Kier molecular flexibility index (Phi) is 5.04. The zero-order valence-corrected chi connectivity index (χ0v) is 15.9. The van der Waals surface area contributed by atoms with Gasteiger partial charge >= 0.3 is 5.97 Å². The molecule has 0 bridgehead atoms. The molecule has 0 aliphatic carbocycles. The average Bonchev–Trinajstić information content (AvgIpc) is 3.20. The van der Waals surface area contributed by atoms with E-state index in [0.29, 0.717) is 36.2 Å². The number of aromatic nitrogens is 2. The molecule has 29 heavy (non-hydrogen) atoms. The highest BCUT2D eigenvalue weighted by molar-refractivity contribution is 5.95. The highest BCUT2D eigenvalue weighted by Gasteiger charge is 2.31. The minimum Gasteiger partial charge on any atom is -0.452 e. The molecule has 0 spiro atoms. The molecule has 1 fully saturated rings. The third-order valence-electron chi connectivity index (χ3n) is 5.53. The summed E-state index contributed by atoms with van der Waals surface area (Å²) in [6.07, 6.45) is 3.72. The zero-order chi connectivity index (χ0) is 20.5. The molecule has 1 aromatic carbocycles. The summed E-state index contributed by atoms with van der Waals surface area (Å²) in [6, 6.07) is 3.90. The Balaban J connectivity index is 1.48. The number of fused-ring (bicyclic) bond motifs is 2. The van der Waals surface area contributed by atoms with Crippen LogP contribution in [0.15, 0.2) is 23.0 Å². The average molecular weight is 398 g/mol. The van der Waals surface area contributed by atoms with Gasteiger partial charge in [-0.2, -0.15) is 0 Å². The lowest BCUT2D eigenvalue weighted by atomic mass is 10.0. The SMILES string of the molecule is NC(=O)[C@H]1CCCCN1C(=O)COC(=O)c1ccc2c(=O)n3c(nc2c1)CCC3. The van der Waals surface area contributed by atoms with E-state index in [4.69, 9.17) is 10.5 Å². The number of rotatable bonds is 4. The van der Waals surface area contributed by atoms with E-state index < -0.39 is 30.4 Å². The lowest BCUT2D eigenvalue weighted by Gasteiger charge is -2.33. The smallest absolute Gasteiger partial charge is 0.338 e. The molecule has 0 unspecified atom stereocenters. The van der Waals surface area contributed by atoms with Gasteiger partial charge in [0.25, 0.3) is 11.5 Å². The molecule has 4 rings (SSSR count). The fraction of sp³-hybridized carbons (Fsp3) is 0.450. The van der Waals surface area contributed by atoms with E-state index in [2.05, 4.69) is 4.98 Å². The van der Waals surface area contributed by atoms with Crippen LogP contribution in [0.5, 0.6) is 0 Å². The molecule has 3 heterocycles. The van der Waals surface area contributed by atoms with Gasteiger partial charge in [0.05, 0.1) is 16.5 Å². The number of likely N-dealkylation sites (tertiary alicyclic amines) is 1. The standard InChI is InChI=1S/C20H22N4O5/c21-18(26)15-4-1-2-8-23(15)17(25)11-29-20(28)12-6-7-13-14(10-12)22-16-5-3-9-24(16)19(13)27/h6-7,10,15H,1-5,8-9,11H2,(H2,21,26)/t15-/m1/s1. The maximum atomic E-state index is 12.5. The Bertz CT molecular complexity index is 1060. The second-order valence-electron chi connectivity index (χ2n) is 7.40. The number of esters is 1. The molecule has 0 saturated carbocycles. The Morgan fingerprint density at radius 3 is 2.79 bits per heavy atom. The van der Waals surface area contributed by atoms with Crippen molar-refractivity contribution in [1.82, 2.24) is 14.5 Å². The molecule has 2 aromatic rings. The lowest BCUT2D eigenvalue weighted by molar-refractivity contribution is -0.143. The lowest BCUT2D eigenvalue weighted by Crippen LogP contribution is -2.51. The molecule has 2 N–H and O–H groups in total. The summed E-state index contributed by atoms with van der Waals surface area (Å²) in [7, 11) is 0. The van der Waals surface area contributed by atoms with Gasteiger partial charge < -0.3 is 15.4 Å². The van der Waals surface area contributed by atoms with Gasteiger partial charge in [0, 0.05) is 19.5 Å². The summed E-state index contributed by atoms with van der Waals surface area (Å²) in [6.45, 7) is 0.603. The molecule has 9 heteroatoms. The molecule has 9 nitrogen and oxygen atoms in total. The Morgan fingerprint density at radius 2 is 2.00 bits per heavy atom. The van der Waals surface area contributed by atoms with E-state index >= 15 is 0 Å². The van der Waals surface area contributed by atoms with Crippen molar-refractivity contribution in [3.8, 4) is 0 Å². The predicted molar refractivity (Wildman–Crippen MR) is 103 cm³/mol. The number of nitrogens with two attached hydrogens (primary N) is 1. The van der Waals surface area contributed by atoms with Gasteiger partial charge in [-0.1, -0.05) is 0 Å². The summed E-state index contributed by atoms with van der Waals surface area (Å²) in [5.74, 6) is -0.971. The van der Waals surface area contributed by atoms with E-state index in [1.54, 1.807) is 10.6 Å². The predicted octanol–water partition coefficient (Wildman–Crippen LogP) is 0.366. The van der Waals surface area contributed by atoms with Crippen LogP contribution in [0.3, 0.4) is 0 Å². The van der Waals surface area contributed by atoms with Gasteiger partial charge in [-0.3, -0.25) is 19.0 Å². The van der Waals surface area contributed by atoms with E-state index in [1.165, 1.54) is 17.0 Å². The number of piperidine rings is 1. The monoisotopic (exact) mass is 398 g/mol.